The van der Waals surface area contributed by atoms with Crippen LogP contribution in [-0.4, -0.2) is 61.1 Å². The summed E-state index contributed by atoms with van der Waals surface area (Å²) in [6, 6.07) is 18.5. The summed E-state index contributed by atoms with van der Waals surface area (Å²) in [7, 11) is 0. The Bertz CT molecular complexity index is 901. The van der Waals surface area contributed by atoms with Gasteiger partial charge in [-0.1, -0.05) is 42.5 Å². The van der Waals surface area contributed by atoms with Crippen LogP contribution in [0.2, 0.25) is 0 Å². The van der Waals surface area contributed by atoms with Crippen LogP contribution in [-0.2, 0) is 20.9 Å². The van der Waals surface area contributed by atoms with E-state index in [1.807, 2.05) is 47.0 Å². The number of amides is 1. The topological polar surface area (TPSA) is 42.0 Å². The molecular weight excluding hydrogens is 408 g/mol. The number of hydrogen-bond donors (Lipinski definition) is 0. The lowest BCUT2D eigenvalue weighted by Gasteiger charge is -2.45. The first-order valence-electron chi connectivity index (χ1n) is 11.3. The molecule has 2 atom stereocenters. The van der Waals surface area contributed by atoms with Gasteiger partial charge in [0.2, 0.25) is 5.91 Å². The molecule has 1 spiro atoms. The first-order chi connectivity index (χ1) is 15.2. The molecule has 0 radical (unpaired) electrons. The summed E-state index contributed by atoms with van der Waals surface area (Å²) in [5.74, 6) is 1.13. The lowest BCUT2D eigenvalue weighted by atomic mass is 9.85. The van der Waals surface area contributed by atoms with Gasteiger partial charge in [0.15, 0.2) is 0 Å². The summed E-state index contributed by atoms with van der Waals surface area (Å²) in [6.07, 6.45) is 3.05. The van der Waals surface area contributed by atoms with Crippen LogP contribution in [0.5, 0.6) is 0 Å². The molecule has 5 nitrogen and oxygen atoms in total. The van der Waals surface area contributed by atoms with Crippen molar-refractivity contribution in [2.75, 3.05) is 43.4 Å². The molecule has 5 rings (SSSR count). The minimum Gasteiger partial charge on any atom is -0.372 e. The first kappa shape index (κ1) is 21.0. The van der Waals surface area contributed by atoms with Crippen molar-refractivity contribution >= 4 is 23.4 Å². The largest absolute Gasteiger partial charge is 0.372 e. The molecule has 2 aromatic carbocycles. The van der Waals surface area contributed by atoms with Crippen LogP contribution < -0.4 is 4.90 Å². The zero-order valence-electron chi connectivity index (χ0n) is 17.9. The maximum Gasteiger partial charge on any atom is 0.241 e. The van der Waals surface area contributed by atoms with Crippen LogP contribution in [0.15, 0.2) is 59.5 Å². The summed E-state index contributed by atoms with van der Waals surface area (Å²) in [6.45, 7) is 4.21. The maximum absolute atomic E-state index is 13.2. The van der Waals surface area contributed by atoms with Gasteiger partial charge < -0.3 is 14.4 Å². The van der Waals surface area contributed by atoms with Crippen LogP contribution >= 0.6 is 11.8 Å². The number of hydrogen-bond acceptors (Lipinski definition) is 5. The molecule has 164 valence electrons. The van der Waals surface area contributed by atoms with Gasteiger partial charge in [-0.25, -0.2) is 0 Å². The van der Waals surface area contributed by atoms with Gasteiger partial charge in [0.1, 0.15) is 0 Å². The molecule has 1 amide bonds. The van der Waals surface area contributed by atoms with Gasteiger partial charge in [-0.05, 0) is 37.0 Å². The van der Waals surface area contributed by atoms with Crippen molar-refractivity contribution < 1.29 is 14.3 Å². The molecule has 2 unspecified atom stereocenters. The van der Waals surface area contributed by atoms with E-state index in [0.29, 0.717) is 13.2 Å². The Hall–Kier alpha value is -1.86. The van der Waals surface area contributed by atoms with Gasteiger partial charge in [-0.3, -0.25) is 9.69 Å². The lowest BCUT2D eigenvalue weighted by molar-refractivity contribution is -0.160. The monoisotopic (exact) mass is 438 g/mol. The smallest absolute Gasteiger partial charge is 0.241 e. The molecule has 0 bridgehead atoms. The highest BCUT2D eigenvalue weighted by Gasteiger charge is 2.47. The molecule has 0 N–H and O–H groups in total. The van der Waals surface area contributed by atoms with E-state index < -0.39 is 0 Å². The fourth-order valence-corrected chi connectivity index (χ4v) is 5.99. The Labute approximate surface area is 188 Å². The SMILES string of the molecule is O=C(CN1CCC2(CCCO2)C(OCc2ccccc2)C1)N1CCSc2ccccc21. The molecule has 2 fully saturated rings. The molecule has 0 aromatic heterocycles. The van der Waals surface area contributed by atoms with Crippen molar-refractivity contribution in [2.45, 2.75) is 42.5 Å². The summed E-state index contributed by atoms with van der Waals surface area (Å²) in [5.41, 5.74) is 2.03. The minimum absolute atomic E-state index is 0.0130. The summed E-state index contributed by atoms with van der Waals surface area (Å²) in [5, 5.41) is 0. The quantitative estimate of drug-likeness (QED) is 0.707. The summed E-state index contributed by atoms with van der Waals surface area (Å²) in [4.78, 5) is 18.6. The van der Waals surface area contributed by atoms with Crippen molar-refractivity contribution in [1.29, 1.82) is 0 Å². The van der Waals surface area contributed by atoms with E-state index in [-0.39, 0.29) is 17.6 Å². The zero-order chi connectivity index (χ0) is 21.1. The van der Waals surface area contributed by atoms with E-state index in [2.05, 4.69) is 29.2 Å². The van der Waals surface area contributed by atoms with Crippen LogP contribution in [0, 0.1) is 0 Å². The normalized spacial score (nSPS) is 26.2. The number of benzene rings is 2. The molecule has 31 heavy (non-hydrogen) atoms. The van der Waals surface area contributed by atoms with Crippen LogP contribution in [0.25, 0.3) is 0 Å². The minimum atomic E-state index is -0.192. The Morgan fingerprint density at radius 3 is 2.77 bits per heavy atom. The Morgan fingerprint density at radius 1 is 1.10 bits per heavy atom. The van der Waals surface area contributed by atoms with E-state index in [4.69, 9.17) is 9.47 Å². The van der Waals surface area contributed by atoms with Crippen molar-refractivity contribution in [2.24, 2.45) is 0 Å². The van der Waals surface area contributed by atoms with Crippen LogP contribution in [0.1, 0.15) is 24.8 Å². The lowest BCUT2D eigenvalue weighted by Crippen LogP contribution is -2.58. The molecule has 6 heteroatoms. The molecule has 2 saturated heterocycles. The number of para-hydroxylation sites is 1. The third kappa shape index (κ3) is 4.53. The van der Waals surface area contributed by atoms with Crippen molar-refractivity contribution in [3.05, 3.63) is 60.2 Å². The highest BCUT2D eigenvalue weighted by Crippen LogP contribution is 2.38. The number of rotatable bonds is 5. The number of carbonyl (C=O) groups excluding carboxylic acids is 1. The van der Waals surface area contributed by atoms with E-state index in [9.17, 15) is 4.79 Å². The van der Waals surface area contributed by atoms with Crippen molar-refractivity contribution in [3.63, 3.8) is 0 Å². The number of fused-ring (bicyclic) bond motifs is 1. The molecule has 3 aliphatic rings. The first-order valence-corrected chi connectivity index (χ1v) is 12.3. The molecule has 0 saturated carbocycles. The number of piperidine rings is 1. The number of likely N-dealkylation sites (tertiary alicyclic amines) is 1. The van der Waals surface area contributed by atoms with Gasteiger partial charge in [0.25, 0.3) is 0 Å². The Kier molecular flexibility index (Phi) is 6.32. The van der Waals surface area contributed by atoms with Gasteiger partial charge >= 0.3 is 0 Å². The molecule has 3 aliphatic heterocycles. The molecule has 2 aromatic rings. The average molecular weight is 439 g/mol. The van der Waals surface area contributed by atoms with E-state index in [0.717, 1.165) is 56.9 Å². The number of carbonyl (C=O) groups is 1. The van der Waals surface area contributed by atoms with Gasteiger partial charge in [-0.2, -0.15) is 0 Å². The van der Waals surface area contributed by atoms with Gasteiger partial charge in [0, 0.05) is 36.9 Å². The van der Waals surface area contributed by atoms with Gasteiger partial charge in [0.05, 0.1) is 30.5 Å². The fourth-order valence-electron chi connectivity index (χ4n) is 5.00. The standard InChI is InChI=1S/C25H30N2O3S/c28-24(27-14-16-31-22-10-5-4-9-21(22)27)18-26-13-12-25(11-6-15-30-25)23(17-26)29-19-20-7-2-1-3-8-20/h1-5,7-10,23H,6,11-19H2. The third-order valence-electron chi connectivity index (χ3n) is 6.68. The van der Waals surface area contributed by atoms with E-state index in [1.165, 1.54) is 10.5 Å². The number of anilines is 1. The summed E-state index contributed by atoms with van der Waals surface area (Å²) >= 11 is 1.83. The van der Waals surface area contributed by atoms with Crippen LogP contribution in [0.4, 0.5) is 5.69 Å². The number of thioether (sulfide) groups is 1. The molecular formula is C25H30N2O3S. The fraction of sp³-hybridized carbons (Fsp3) is 0.480. The van der Waals surface area contributed by atoms with E-state index >= 15 is 0 Å². The molecule has 3 heterocycles. The second-order valence-electron chi connectivity index (χ2n) is 8.65. The van der Waals surface area contributed by atoms with Crippen molar-refractivity contribution in [1.82, 2.24) is 4.90 Å². The predicted octanol–water partition coefficient (Wildman–Crippen LogP) is 3.97. The highest BCUT2D eigenvalue weighted by atomic mass is 32.2. The Balaban J connectivity index is 1.26. The zero-order valence-corrected chi connectivity index (χ0v) is 18.7. The second-order valence-corrected chi connectivity index (χ2v) is 9.79. The highest BCUT2D eigenvalue weighted by molar-refractivity contribution is 7.99. The van der Waals surface area contributed by atoms with E-state index in [1.54, 1.807) is 0 Å². The average Bonchev–Trinajstić information content (AvgIpc) is 3.29. The van der Waals surface area contributed by atoms with Crippen LogP contribution in [0.3, 0.4) is 0 Å². The summed E-state index contributed by atoms with van der Waals surface area (Å²) < 4.78 is 12.7. The maximum atomic E-state index is 13.2. The second kappa shape index (κ2) is 9.33. The Morgan fingerprint density at radius 2 is 1.94 bits per heavy atom. The third-order valence-corrected chi connectivity index (χ3v) is 7.72. The predicted molar refractivity (Wildman–Crippen MR) is 124 cm³/mol. The molecule has 0 aliphatic carbocycles. The number of nitrogens with zero attached hydrogens (tertiary/aromatic N) is 2. The van der Waals surface area contributed by atoms with Crippen molar-refractivity contribution in [3.8, 4) is 0 Å². The van der Waals surface area contributed by atoms with Gasteiger partial charge in [-0.15, -0.1) is 11.8 Å². The number of ether oxygens (including phenoxy) is 2.